The predicted octanol–water partition coefficient (Wildman–Crippen LogP) is 3.38. The molecule has 8 heteroatoms. The number of carbonyl (C=O) groups is 3. The predicted molar refractivity (Wildman–Crippen MR) is 142 cm³/mol. The van der Waals surface area contributed by atoms with Crippen molar-refractivity contribution in [2.75, 3.05) is 19.8 Å². The van der Waals surface area contributed by atoms with Gasteiger partial charge >= 0.3 is 5.97 Å². The Morgan fingerprint density at radius 3 is 2.47 bits per heavy atom. The monoisotopic (exact) mass is 528 g/mol. The molecule has 0 aromatic heterocycles. The third kappa shape index (κ3) is 4.32. The lowest BCUT2D eigenvalue weighted by Crippen LogP contribution is -2.60. The number of carbonyl (C=O) groups excluding carboxylic acids is 3. The van der Waals surface area contributed by atoms with E-state index >= 15 is 0 Å². The third-order valence-corrected chi connectivity index (χ3v) is 9.47. The fraction of sp³-hybridized carbons (Fsp3) is 0.767. The van der Waals surface area contributed by atoms with Crippen molar-refractivity contribution < 1.29 is 29.0 Å². The number of aliphatic hydroxyl groups excluding tert-OH is 1. The fourth-order valence-corrected chi connectivity index (χ4v) is 7.77. The van der Waals surface area contributed by atoms with Gasteiger partial charge < -0.3 is 24.4 Å². The summed E-state index contributed by atoms with van der Waals surface area (Å²) < 4.78 is 12.7. The topological polar surface area (TPSA) is 96.4 Å². The molecule has 0 aromatic rings. The summed E-state index contributed by atoms with van der Waals surface area (Å²) in [7, 11) is 0. The number of amides is 2. The first-order valence-corrected chi connectivity index (χ1v) is 14.8. The number of nitrogens with zero attached hydrogens (tertiary/aromatic N) is 2. The molecule has 2 amide bonds. The zero-order valence-corrected chi connectivity index (χ0v) is 23.1. The maximum absolute atomic E-state index is 14.6. The summed E-state index contributed by atoms with van der Waals surface area (Å²) in [5.74, 6) is -2.41. The highest BCUT2D eigenvalue weighted by Gasteiger charge is 2.76. The van der Waals surface area contributed by atoms with Crippen molar-refractivity contribution in [1.29, 1.82) is 0 Å². The lowest BCUT2D eigenvalue weighted by molar-refractivity contribution is -0.163. The largest absolute Gasteiger partial charge is 0.465 e. The van der Waals surface area contributed by atoms with Crippen molar-refractivity contribution in [2.45, 2.75) is 108 Å². The van der Waals surface area contributed by atoms with Crippen molar-refractivity contribution in [2.24, 2.45) is 17.8 Å². The zero-order valence-electron chi connectivity index (χ0n) is 23.1. The molecule has 3 fully saturated rings. The van der Waals surface area contributed by atoms with Gasteiger partial charge in [-0.15, -0.1) is 0 Å². The first kappa shape index (κ1) is 27.4. The van der Waals surface area contributed by atoms with Crippen LogP contribution in [0, 0.1) is 17.8 Å². The molecule has 8 nitrogen and oxygen atoms in total. The molecule has 0 radical (unpaired) electrons. The lowest BCUT2D eigenvalue weighted by Gasteiger charge is -2.42. The Labute approximate surface area is 226 Å². The Hall–Kier alpha value is -2.19. The summed E-state index contributed by atoms with van der Waals surface area (Å²) in [5.41, 5.74) is -2.34. The minimum Gasteiger partial charge on any atom is -0.465 e. The number of hydrogen-bond acceptors (Lipinski definition) is 6. The second kappa shape index (κ2) is 10.8. The molecule has 6 atom stereocenters. The van der Waals surface area contributed by atoms with E-state index in [9.17, 15) is 19.5 Å². The second-order valence-electron chi connectivity index (χ2n) is 12.2. The summed E-state index contributed by atoms with van der Waals surface area (Å²) in [6, 6.07) is -1.36. The number of esters is 1. The van der Waals surface area contributed by atoms with E-state index in [1.165, 1.54) is 6.42 Å². The molecule has 1 unspecified atom stereocenters. The standard InChI is InChI=1S/C30H44N2O6/c1-4-29-14-9-6-10-17-37-28(36)24(29)23-26(34)32(22(19-33)18-20(2)3)25-27(35)31(21-12-7-5-8-13-21)16-11-15-30(23,25)38-29/h9,11,14-15,20-25,33H,4-8,10,12-13,16-19H2,1-3H3/b14-9-/t22-,23+,24+,25?,29-,30+/m1/s1. The van der Waals surface area contributed by atoms with Crippen LogP contribution in [0.5, 0.6) is 0 Å². The average molecular weight is 529 g/mol. The van der Waals surface area contributed by atoms with Gasteiger partial charge in [0.05, 0.1) is 25.2 Å². The summed E-state index contributed by atoms with van der Waals surface area (Å²) in [6.07, 6.45) is 15.6. The quantitative estimate of drug-likeness (QED) is 0.420. The second-order valence-corrected chi connectivity index (χ2v) is 12.2. The van der Waals surface area contributed by atoms with Gasteiger partial charge in [0, 0.05) is 12.6 Å². The number of rotatable bonds is 6. The molecule has 38 heavy (non-hydrogen) atoms. The van der Waals surface area contributed by atoms with Crippen LogP contribution in [0.1, 0.15) is 78.6 Å². The number of likely N-dealkylation sites (tertiary alicyclic amines) is 1. The number of allylic oxidation sites excluding steroid dienone is 1. The molecule has 210 valence electrons. The number of aliphatic hydroxyl groups is 1. The molecule has 4 heterocycles. The first-order chi connectivity index (χ1) is 18.3. The summed E-state index contributed by atoms with van der Waals surface area (Å²) in [4.78, 5) is 46.3. The minimum absolute atomic E-state index is 0.119. The number of fused-ring (bicyclic) bond motifs is 2. The van der Waals surface area contributed by atoms with Gasteiger partial charge in [0.25, 0.3) is 0 Å². The van der Waals surface area contributed by atoms with Crippen molar-refractivity contribution in [3.8, 4) is 0 Å². The Balaban J connectivity index is 1.66. The number of cyclic esters (lactones) is 1. The van der Waals surface area contributed by atoms with Gasteiger partial charge in [-0.05, 0) is 44.4 Å². The van der Waals surface area contributed by atoms with Crippen LogP contribution in [0.4, 0.5) is 0 Å². The number of hydrogen-bond donors (Lipinski definition) is 1. The minimum atomic E-state index is -1.30. The maximum Gasteiger partial charge on any atom is 0.313 e. The molecule has 1 spiro atoms. The van der Waals surface area contributed by atoms with E-state index in [1.807, 2.05) is 50.0 Å². The van der Waals surface area contributed by atoms with Gasteiger partial charge in [-0.2, -0.15) is 0 Å². The molecular weight excluding hydrogens is 484 g/mol. The van der Waals surface area contributed by atoms with E-state index in [0.717, 1.165) is 32.1 Å². The maximum atomic E-state index is 14.6. The highest BCUT2D eigenvalue weighted by atomic mass is 16.6. The molecular formula is C30H44N2O6. The van der Waals surface area contributed by atoms with Crippen LogP contribution in [0.25, 0.3) is 0 Å². The van der Waals surface area contributed by atoms with Crippen LogP contribution in [0.15, 0.2) is 24.3 Å². The van der Waals surface area contributed by atoms with Gasteiger partial charge in [0.2, 0.25) is 11.8 Å². The average Bonchev–Trinajstić information content (AvgIpc) is 3.29. The van der Waals surface area contributed by atoms with Crippen molar-refractivity contribution in [3.05, 3.63) is 24.3 Å². The first-order valence-electron chi connectivity index (χ1n) is 14.8. The van der Waals surface area contributed by atoms with Gasteiger partial charge in [-0.3, -0.25) is 14.4 Å². The van der Waals surface area contributed by atoms with Crippen molar-refractivity contribution >= 4 is 17.8 Å². The fourth-order valence-electron chi connectivity index (χ4n) is 7.77. The Kier molecular flexibility index (Phi) is 7.75. The van der Waals surface area contributed by atoms with E-state index in [-0.39, 0.29) is 37.0 Å². The highest BCUT2D eigenvalue weighted by molar-refractivity contribution is 5.99. The lowest BCUT2D eigenvalue weighted by atomic mass is 9.73. The van der Waals surface area contributed by atoms with Crippen LogP contribution >= 0.6 is 0 Å². The molecule has 1 saturated carbocycles. The van der Waals surface area contributed by atoms with Crippen LogP contribution in [-0.2, 0) is 23.9 Å². The molecule has 4 aliphatic heterocycles. The Bertz CT molecular complexity index is 987. The van der Waals surface area contributed by atoms with Gasteiger partial charge in [0.1, 0.15) is 23.2 Å². The van der Waals surface area contributed by atoms with E-state index < -0.39 is 41.1 Å². The Morgan fingerprint density at radius 1 is 1.03 bits per heavy atom. The van der Waals surface area contributed by atoms with E-state index in [2.05, 4.69) is 0 Å². The smallest absolute Gasteiger partial charge is 0.313 e. The summed E-state index contributed by atoms with van der Waals surface area (Å²) in [5, 5.41) is 10.5. The molecule has 0 aromatic carbocycles. The normalized spacial score (nSPS) is 37.6. The molecule has 5 rings (SSSR count). The van der Waals surface area contributed by atoms with E-state index in [4.69, 9.17) is 9.47 Å². The van der Waals surface area contributed by atoms with Crippen LogP contribution in [0.3, 0.4) is 0 Å². The molecule has 0 bridgehead atoms. The van der Waals surface area contributed by atoms with Gasteiger partial charge in [-0.1, -0.05) is 64.3 Å². The summed E-state index contributed by atoms with van der Waals surface area (Å²) >= 11 is 0. The summed E-state index contributed by atoms with van der Waals surface area (Å²) in [6.45, 7) is 6.54. The third-order valence-electron chi connectivity index (χ3n) is 9.47. The van der Waals surface area contributed by atoms with Crippen LogP contribution in [0.2, 0.25) is 0 Å². The van der Waals surface area contributed by atoms with E-state index in [1.54, 1.807) is 4.90 Å². The molecule has 1 N–H and O–H groups in total. The number of ether oxygens (including phenoxy) is 2. The van der Waals surface area contributed by atoms with Gasteiger partial charge in [-0.25, -0.2) is 0 Å². The van der Waals surface area contributed by atoms with E-state index in [0.29, 0.717) is 25.8 Å². The van der Waals surface area contributed by atoms with Gasteiger partial charge in [0.15, 0.2) is 0 Å². The van der Waals surface area contributed by atoms with Crippen molar-refractivity contribution in [3.63, 3.8) is 0 Å². The SMILES string of the molecule is CC[C@@]12/C=C\CCCOC(=O)[C@@H]1[C@H]1C(=O)N([C@@H](CO)CC(C)C)C3C(=O)N(C4CCCCC4)CC=C[C@@]31O2. The molecule has 5 aliphatic rings. The zero-order chi connectivity index (χ0) is 27.1. The van der Waals surface area contributed by atoms with Crippen LogP contribution < -0.4 is 0 Å². The molecule has 1 aliphatic carbocycles. The highest BCUT2D eigenvalue weighted by Crippen LogP contribution is 2.58. The molecule has 2 saturated heterocycles. The van der Waals surface area contributed by atoms with Crippen LogP contribution in [-0.4, -0.2) is 81.8 Å². The van der Waals surface area contributed by atoms with Crippen molar-refractivity contribution in [1.82, 2.24) is 9.80 Å². The Morgan fingerprint density at radius 2 is 1.79 bits per heavy atom.